The summed E-state index contributed by atoms with van der Waals surface area (Å²) in [5.74, 6) is -1.01. The number of fused-ring (bicyclic) bond motifs is 1. The molecule has 2 aromatic heterocycles. The molecule has 0 saturated carbocycles. The Kier molecular flexibility index (Phi) is 6.55. The van der Waals surface area contributed by atoms with E-state index in [1.54, 1.807) is 6.34 Å². The van der Waals surface area contributed by atoms with Crippen LogP contribution in [0.3, 0.4) is 0 Å². The van der Waals surface area contributed by atoms with Crippen molar-refractivity contribution < 1.29 is 9.90 Å². The van der Waals surface area contributed by atoms with E-state index in [2.05, 4.69) is 4.90 Å². The van der Waals surface area contributed by atoms with Crippen molar-refractivity contribution in [2.24, 2.45) is 4.99 Å². The molecule has 1 aliphatic heterocycles. The first-order valence-electron chi connectivity index (χ1n) is 11.0. The van der Waals surface area contributed by atoms with E-state index >= 15 is 0 Å². The lowest BCUT2D eigenvalue weighted by atomic mass is 9.99. The summed E-state index contributed by atoms with van der Waals surface area (Å²) in [6.07, 6.45) is 5.23. The number of aromatic nitrogens is 1. The van der Waals surface area contributed by atoms with Crippen molar-refractivity contribution in [1.82, 2.24) is 9.88 Å². The molecule has 0 unspecified atom stereocenters. The number of carbonyl (C=O) groups is 1. The highest BCUT2D eigenvalue weighted by Crippen LogP contribution is 2.44. The van der Waals surface area contributed by atoms with E-state index in [-0.39, 0.29) is 4.88 Å². The fourth-order valence-corrected chi connectivity index (χ4v) is 5.39. The Morgan fingerprint density at radius 2 is 1.59 bits per heavy atom. The van der Waals surface area contributed by atoms with Crippen LogP contribution in [0.25, 0.3) is 32.6 Å². The van der Waals surface area contributed by atoms with Crippen molar-refractivity contribution in [3.8, 4) is 22.4 Å². The highest BCUT2D eigenvalue weighted by molar-refractivity contribution is 7.21. The molecule has 0 amide bonds. The van der Waals surface area contributed by atoms with Gasteiger partial charge < -0.3 is 10.0 Å². The largest absolute Gasteiger partial charge is 0.477 e. The molecule has 5 rings (SSSR count). The van der Waals surface area contributed by atoms with E-state index in [1.165, 1.54) is 6.42 Å². The number of rotatable bonds is 5. The van der Waals surface area contributed by atoms with Gasteiger partial charge >= 0.3 is 5.97 Å². The van der Waals surface area contributed by atoms with Crippen molar-refractivity contribution in [1.29, 1.82) is 0 Å². The summed E-state index contributed by atoms with van der Waals surface area (Å²) in [4.78, 5) is 24.7. The van der Waals surface area contributed by atoms with Crippen LogP contribution in [0, 0.1) is 0 Å². The van der Waals surface area contributed by atoms with Crippen molar-refractivity contribution in [3.63, 3.8) is 0 Å². The first kappa shape index (κ1) is 22.8. The van der Waals surface area contributed by atoms with Crippen LogP contribution in [0.4, 0.5) is 5.69 Å². The second-order valence-electron chi connectivity index (χ2n) is 8.18. The molecular formula is C26H21Cl2N3O2S. The molecule has 0 radical (unpaired) electrons. The minimum Gasteiger partial charge on any atom is -0.477 e. The minimum atomic E-state index is -1.01. The van der Waals surface area contributed by atoms with Gasteiger partial charge in [-0.3, -0.25) is 0 Å². The number of benzene rings is 2. The molecule has 8 heteroatoms. The Morgan fingerprint density at radius 3 is 2.21 bits per heavy atom. The van der Waals surface area contributed by atoms with Crippen molar-refractivity contribution in [2.45, 2.75) is 19.3 Å². The average Bonchev–Trinajstić information content (AvgIpc) is 3.23. The van der Waals surface area contributed by atoms with Gasteiger partial charge in [0.25, 0.3) is 0 Å². The number of pyridine rings is 1. The second kappa shape index (κ2) is 9.74. The van der Waals surface area contributed by atoms with Gasteiger partial charge in [0.1, 0.15) is 15.4 Å². The smallest absolute Gasteiger partial charge is 0.348 e. The lowest BCUT2D eigenvalue weighted by Gasteiger charge is -2.23. The first-order valence-corrected chi connectivity index (χ1v) is 12.6. The van der Waals surface area contributed by atoms with Crippen LogP contribution in [-0.2, 0) is 0 Å². The predicted octanol–water partition coefficient (Wildman–Crippen LogP) is 7.78. The Morgan fingerprint density at radius 1 is 0.971 bits per heavy atom. The molecule has 1 fully saturated rings. The third kappa shape index (κ3) is 4.67. The quantitative estimate of drug-likeness (QED) is 0.220. The highest BCUT2D eigenvalue weighted by Gasteiger charge is 2.23. The Bertz CT molecular complexity index is 1380. The molecule has 1 N–H and O–H groups in total. The van der Waals surface area contributed by atoms with Gasteiger partial charge in [0.15, 0.2) is 0 Å². The van der Waals surface area contributed by atoms with Crippen LogP contribution >= 0.6 is 34.5 Å². The zero-order valence-electron chi connectivity index (χ0n) is 18.2. The third-order valence-electron chi connectivity index (χ3n) is 5.87. The highest BCUT2D eigenvalue weighted by atomic mass is 35.5. The van der Waals surface area contributed by atoms with Crippen molar-refractivity contribution in [3.05, 3.63) is 69.5 Å². The van der Waals surface area contributed by atoms with Gasteiger partial charge in [0.2, 0.25) is 0 Å². The Balaban J connectivity index is 1.74. The number of halogens is 2. The molecule has 172 valence electrons. The van der Waals surface area contributed by atoms with Gasteiger partial charge in [-0.15, -0.1) is 11.3 Å². The van der Waals surface area contributed by atoms with E-state index in [1.807, 2.05) is 54.6 Å². The lowest BCUT2D eigenvalue weighted by Crippen LogP contribution is -2.28. The number of nitrogens with zero attached hydrogens (tertiary/aromatic N) is 3. The first-order chi connectivity index (χ1) is 16.5. The van der Waals surface area contributed by atoms with Gasteiger partial charge in [0, 0.05) is 34.1 Å². The summed E-state index contributed by atoms with van der Waals surface area (Å²) >= 11 is 13.4. The topological polar surface area (TPSA) is 65.8 Å². The summed E-state index contributed by atoms with van der Waals surface area (Å²) in [7, 11) is 0. The number of likely N-dealkylation sites (tertiary alicyclic amines) is 1. The van der Waals surface area contributed by atoms with Crippen LogP contribution in [0.2, 0.25) is 10.0 Å². The molecule has 0 spiro atoms. The predicted molar refractivity (Wildman–Crippen MR) is 141 cm³/mol. The molecule has 1 saturated heterocycles. The van der Waals surface area contributed by atoms with E-state index in [0.717, 1.165) is 65.0 Å². The normalized spacial score (nSPS) is 14.2. The number of piperidine rings is 1. The van der Waals surface area contributed by atoms with Gasteiger partial charge in [-0.1, -0.05) is 47.5 Å². The standard InChI is InChI=1S/C26H21Cl2N3O2S/c27-18-8-4-16(5-9-18)20-14-21(17-6-10-19(28)11-7-17)30-25-22(20)23(24(34-25)26(32)33)29-15-31-12-2-1-3-13-31/h4-11,14-15H,1-3,12-13H2,(H,32,33). The fourth-order valence-electron chi connectivity index (χ4n) is 4.15. The maximum absolute atomic E-state index is 12.2. The minimum absolute atomic E-state index is 0.180. The SMILES string of the molecule is O=C(O)c1sc2nc(-c3ccc(Cl)cc3)cc(-c3ccc(Cl)cc3)c2c1N=CN1CCCCC1. The van der Waals surface area contributed by atoms with E-state index < -0.39 is 5.97 Å². The fraction of sp³-hybridized carbons (Fsp3) is 0.192. The summed E-state index contributed by atoms with van der Waals surface area (Å²) < 4.78 is 0. The number of thiophene rings is 1. The van der Waals surface area contributed by atoms with Crippen LogP contribution in [0.5, 0.6) is 0 Å². The average molecular weight is 510 g/mol. The van der Waals surface area contributed by atoms with Gasteiger partial charge in [-0.25, -0.2) is 14.8 Å². The summed E-state index contributed by atoms with van der Waals surface area (Å²) in [6.45, 7) is 1.86. The lowest BCUT2D eigenvalue weighted by molar-refractivity contribution is 0.0703. The second-order valence-corrected chi connectivity index (χ2v) is 10.0. The summed E-state index contributed by atoms with van der Waals surface area (Å²) in [6, 6.07) is 16.9. The number of hydrogen-bond acceptors (Lipinski definition) is 4. The maximum Gasteiger partial charge on any atom is 0.348 e. The molecule has 3 heterocycles. The number of carboxylic acids is 1. The zero-order valence-corrected chi connectivity index (χ0v) is 20.5. The zero-order chi connectivity index (χ0) is 23.7. The van der Waals surface area contributed by atoms with Gasteiger partial charge in [0.05, 0.1) is 12.0 Å². The molecule has 0 bridgehead atoms. The van der Waals surface area contributed by atoms with Crippen molar-refractivity contribution in [2.75, 3.05) is 13.1 Å². The number of carboxylic acid groups (broad SMARTS) is 1. The van der Waals surface area contributed by atoms with Gasteiger partial charge in [-0.05, 0) is 60.7 Å². The maximum atomic E-state index is 12.2. The Labute approximate surface area is 211 Å². The molecule has 4 aromatic rings. The van der Waals surface area contributed by atoms with E-state index in [9.17, 15) is 9.90 Å². The van der Waals surface area contributed by atoms with Crippen molar-refractivity contribution >= 4 is 62.8 Å². The molecule has 5 nitrogen and oxygen atoms in total. The van der Waals surface area contributed by atoms with Crippen LogP contribution < -0.4 is 0 Å². The molecule has 2 aromatic carbocycles. The summed E-state index contributed by atoms with van der Waals surface area (Å²) in [5.41, 5.74) is 3.85. The molecular weight excluding hydrogens is 489 g/mol. The Hall–Kier alpha value is -2.93. The summed E-state index contributed by atoms with van der Waals surface area (Å²) in [5, 5.41) is 12.0. The van der Waals surface area contributed by atoms with E-state index in [4.69, 9.17) is 33.2 Å². The number of hydrogen-bond donors (Lipinski definition) is 1. The van der Waals surface area contributed by atoms with E-state index in [0.29, 0.717) is 20.6 Å². The van der Waals surface area contributed by atoms with Crippen LogP contribution in [-0.4, -0.2) is 40.4 Å². The molecule has 0 aliphatic carbocycles. The van der Waals surface area contributed by atoms with Crippen LogP contribution in [0.1, 0.15) is 28.9 Å². The number of aliphatic imine (C=N–C) groups is 1. The monoisotopic (exact) mass is 509 g/mol. The van der Waals surface area contributed by atoms with Gasteiger partial charge in [-0.2, -0.15) is 0 Å². The molecule has 1 aliphatic rings. The molecule has 0 atom stereocenters. The third-order valence-corrected chi connectivity index (χ3v) is 7.43. The van der Waals surface area contributed by atoms with Crippen LogP contribution in [0.15, 0.2) is 59.6 Å². The molecule has 34 heavy (non-hydrogen) atoms. The number of aromatic carboxylic acids is 1.